The molecule has 2 heterocycles. The van der Waals surface area contributed by atoms with Gasteiger partial charge in [0.2, 0.25) is 0 Å². The van der Waals surface area contributed by atoms with Gasteiger partial charge >= 0.3 is 0 Å². The van der Waals surface area contributed by atoms with Crippen molar-refractivity contribution in [3.63, 3.8) is 0 Å². The predicted molar refractivity (Wildman–Crippen MR) is 90.1 cm³/mol. The van der Waals surface area contributed by atoms with Crippen molar-refractivity contribution in [2.24, 2.45) is 0 Å². The summed E-state index contributed by atoms with van der Waals surface area (Å²) in [5.74, 6) is 0.0830. The van der Waals surface area contributed by atoms with Gasteiger partial charge in [-0.1, -0.05) is 11.6 Å². The molecule has 112 valence electrons. The zero-order valence-corrected chi connectivity index (χ0v) is 14.8. The molecule has 0 atom stereocenters. The minimum atomic E-state index is 0.0830. The molecule has 6 heteroatoms. The maximum Gasteiger partial charge on any atom is 0.270 e. The molecule has 3 nitrogen and oxygen atoms in total. The topological polar surface area (TPSA) is 25.2 Å². The molecule has 2 aromatic rings. The summed E-state index contributed by atoms with van der Waals surface area (Å²) in [5, 5.41) is 0. The lowest BCUT2D eigenvalue weighted by Gasteiger charge is -2.21. The van der Waals surface area contributed by atoms with E-state index in [1.165, 1.54) is 11.3 Å². The lowest BCUT2D eigenvalue weighted by molar-refractivity contribution is 0.0743. The fraction of sp³-hybridized carbons (Fsp3) is 0.400. The Morgan fingerprint density at radius 3 is 2.86 bits per heavy atom. The number of nitrogens with zero attached hydrogens (tertiary/aromatic N) is 2. The summed E-state index contributed by atoms with van der Waals surface area (Å²) in [6, 6.07) is 6.28. The number of hydrogen-bond donors (Lipinski definition) is 0. The van der Waals surface area contributed by atoms with Crippen LogP contribution in [0.3, 0.4) is 0 Å². The Bertz CT molecular complexity index is 662. The van der Waals surface area contributed by atoms with Crippen LogP contribution in [-0.4, -0.2) is 21.9 Å². The van der Waals surface area contributed by atoms with Gasteiger partial charge in [0.25, 0.3) is 5.91 Å². The van der Waals surface area contributed by atoms with Crippen LogP contribution >= 0.6 is 38.9 Å². The monoisotopic (exact) mass is 386 g/mol. The molecule has 0 saturated heterocycles. The van der Waals surface area contributed by atoms with Crippen molar-refractivity contribution in [3.8, 4) is 0 Å². The van der Waals surface area contributed by atoms with Gasteiger partial charge in [-0.25, -0.2) is 0 Å². The van der Waals surface area contributed by atoms with E-state index in [2.05, 4.69) is 20.5 Å². The predicted octanol–water partition coefficient (Wildman–Crippen LogP) is 4.96. The molecule has 0 unspecified atom stereocenters. The molecule has 1 fully saturated rings. The minimum absolute atomic E-state index is 0.0830. The second-order valence-corrected chi connectivity index (χ2v) is 7.92. The van der Waals surface area contributed by atoms with Crippen molar-refractivity contribution in [1.29, 1.82) is 0 Å². The lowest BCUT2D eigenvalue weighted by atomic mass is 10.3. The van der Waals surface area contributed by atoms with Crippen LogP contribution in [0.4, 0.5) is 0 Å². The largest absolute Gasteiger partial charge is 0.339 e. The molecule has 2 aromatic heterocycles. The van der Waals surface area contributed by atoms with Crippen LogP contribution in [0.2, 0.25) is 4.34 Å². The van der Waals surface area contributed by atoms with Crippen LogP contribution in [0.15, 0.2) is 28.9 Å². The van der Waals surface area contributed by atoms with Gasteiger partial charge in [0, 0.05) is 28.1 Å². The van der Waals surface area contributed by atoms with Crippen molar-refractivity contribution in [3.05, 3.63) is 43.8 Å². The summed E-state index contributed by atoms with van der Waals surface area (Å²) in [5.41, 5.74) is 0.772. The van der Waals surface area contributed by atoms with Crippen molar-refractivity contribution < 1.29 is 4.79 Å². The molecule has 1 aliphatic rings. The van der Waals surface area contributed by atoms with Crippen molar-refractivity contribution in [2.75, 3.05) is 6.54 Å². The first-order valence-corrected chi connectivity index (χ1v) is 8.98. The molecule has 0 aliphatic heterocycles. The van der Waals surface area contributed by atoms with Crippen LogP contribution in [-0.2, 0) is 6.54 Å². The number of amides is 1. The highest BCUT2D eigenvalue weighted by Gasteiger charge is 2.29. The average Bonchev–Trinajstić information content (AvgIpc) is 3.12. The van der Waals surface area contributed by atoms with Crippen LogP contribution in [0, 0.1) is 0 Å². The van der Waals surface area contributed by atoms with Crippen LogP contribution in [0.25, 0.3) is 0 Å². The first kappa shape index (κ1) is 15.1. The van der Waals surface area contributed by atoms with Gasteiger partial charge in [-0.15, -0.1) is 11.3 Å². The Hall–Kier alpha value is -0.780. The smallest absolute Gasteiger partial charge is 0.270 e. The van der Waals surface area contributed by atoms with Gasteiger partial charge in [0.15, 0.2) is 0 Å². The second kappa shape index (κ2) is 6.15. The van der Waals surface area contributed by atoms with Gasteiger partial charge in [-0.2, -0.15) is 0 Å². The van der Waals surface area contributed by atoms with Gasteiger partial charge in [0.1, 0.15) is 5.69 Å². The number of carbonyl (C=O) groups is 1. The van der Waals surface area contributed by atoms with Crippen molar-refractivity contribution in [2.45, 2.75) is 32.4 Å². The van der Waals surface area contributed by atoms with Crippen LogP contribution in [0.1, 0.15) is 41.2 Å². The molecule has 0 radical (unpaired) electrons. The van der Waals surface area contributed by atoms with E-state index in [-0.39, 0.29) is 5.91 Å². The van der Waals surface area contributed by atoms with Gasteiger partial charge in [-0.3, -0.25) is 4.79 Å². The Labute approximate surface area is 141 Å². The Morgan fingerprint density at radius 1 is 1.52 bits per heavy atom. The number of carbonyl (C=O) groups excluding carboxylic acids is 1. The number of rotatable bonds is 5. The number of aromatic nitrogens is 1. The molecule has 3 rings (SSSR count). The molecule has 1 aliphatic carbocycles. The fourth-order valence-corrected chi connectivity index (χ4v) is 3.93. The van der Waals surface area contributed by atoms with E-state index in [0.29, 0.717) is 19.1 Å². The molecule has 21 heavy (non-hydrogen) atoms. The summed E-state index contributed by atoms with van der Waals surface area (Å²) in [7, 11) is 0. The summed E-state index contributed by atoms with van der Waals surface area (Å²) in [4.78, 5) is 15.8. The normalized spacial score (nSPS) is 14.4. The maximum atomic E-state index is 12.8. The van der Waals surface area contributed by atoms with E-state index in [4.69, 9.17) is 11.6 Å². The van der Waals surface area contributed by atoms with E-state index in [1.54, 1.807) is 0 Å². The highest BCUT2D eigenvalue weighted by Crippen LogP contribution is 2.38. The molecule has 0 aromatic carbocycles. The average molecular weight is 388 g/mol. The second-order valence-electron chi connectivity index (χ2n) is 5.21. The van der Waals surface area contributed by atoms with E-state index in [0.717, 1.165) is 32.2 Å². The van der Waals surface area contributed by atoms with Gasteiger partial charge < -0.3 is 9.47 Å². The lowest BCUT2D eigenvalue weighted by Crippen LogP contribution is -2.31. The van der Waals surface area contributed by atoms with E-state index in [1.807, 2.05) is 36.2 Å². The molecule has 1 saturated carbocycles. The highest BCUT2D eigenvalue weighted by atomic mass is 79.9. The van der Waals surface area contributed by atoms with E-state index >= 15 is 0 Å². The fourth-order valence-electron chi connectivity index (χ4n) is 2.39. The molecule has 1 amide bonds. The first-order valence-electron chi connectivity index (χ1n) is 6.99. The highest BCUT2D eigenvalue weighted by molar-refractivity contribution is 9.10. The van der Waals surface area contributed by atoms with E-state index < -0.39 is 0 Å². The molecule has 0 bridgehead atoms. The third-order valence-corrected chi connectivity index (χ3v) is 5.27. The molecule has 0 N–H and O–H groups in total. The quantitative estimate of drug-likeness (QED) is 0.711. The molecular formula is C15H16BrClN2OS. The third-order valence-electron chi connectivity index (χ3n) is 3.62. The summed E-state index contributed by atoms with van der Waals surface area (Å²) in [6.07, 6.45) is 4.34. The number of halogens is 2. The summed E-state index contributed by atoms with van der Waals surface area (Å²) >= 11 is 11.0. The van der Waals surface area contributed by atoms with Crippen LogP contribution in [0.5, 0.6) is 0 Å². The first-order chi connectivity index (χ1) is 10.1. The molecular weight excluding hydrogens is 372 g/mol. The Balaban J connectivity index is 1.81. The third kappa shape index (κ3) is 3.35. The SMILES string of the molecule is CCN(Cc1ccc(Cl)s1)C(=O)c1cc(Br)cn1C1CC1. The van der Waals surface area contributed by atoms with Gasteiger partial charge in [0.05, 0.1) is 10.9 Å². The minimum Gasteiger partial charge on any atom is -0.339 e. The standard InChI is InChI=1S/C15H16BrClN2OS/c1-2-18(9-12-5-6-14(17)21-12)15(20)13-7-10(16)8-19(13)11-3-4-11/h5-8,11H,2-4,9H2,1H3. The Kier molecular flexibility index (Phi) is 4.43. The number of thiophene rings is 1. The Morgan fingerprint density at radius 2 is 2.29 bits per heavy atom. The van der Waals surface area contributed by atoms with E-state index in [9.17, 15) is 4.79 Å². The zero-order chi connectivity index (χ0) is 15.0. The van der Waals surface area contributed by atoms with Crippen LogP contribution < -0.4 is 0 Å². The zero-order valence-electron chi connectivity index (χ0n) is 11.7. The van der Waals surface area contributed by atoms with Gasteiger partial charge in [-0.05, 0) is 53.9 Å². The molecule has 0 spiro atoms. The van der Waals surface area contributed by atoms with Crippen molar-refractivity contribution >= 4 is 44.8 Å². The summed E-state index contributed by atoms with van der Waals surface area (Å²) < 4.78 is 3.83. The number of hydrogen-bond acceptors (Lipinski definition) is 2. The van der Waals surface area contributed by atoms with Crippen molar-refractivity contribution in [1.82, 2.24) is 9.47 Å². The summed E-state index contributed by atoms with van der Waals surface area (Å²) in [6.45, 7) is 3.30. The maximum absolute atomic E-state index is 12.8.